The van der Waals surface area contributed by atoms with Crippen molar-refractivity contribution in [2.45, 2.75) is 32.0 Å². The van der Waals surface area contributed by atoms with Crippen LogP contribution in [0, 0.1) is 0 Å². The summed E-state index contributed by atoms with van der Waals surface area (Å²) in [7, 11) is 0. The second-order valence-corrected chi connectivity index (χ2v) is 4.97. The van der Waals surface area contributed by atoms with Gasteiger partial charge in [-0.3, -0.25) is 0 Å². The van der Waals surface area contributed by atoms with Crippen molar-refractivity contribution in [1.82, 2.24) is 15.0 Å². The van der Waals surface area contributed by atoms with Gasteiger partial charge >= 0.3 is 0 Å². The van der Waals surface area contributed by atoms with Crippen LogP contribution in [0.1, 0.15) is 31.2 Å². The summed E-state index contributed by atoms with van der Waals surface area (Å²) < 4.78 is 1.61. The summed E-state index contributed by atoms with van der Waals surface area (Å²) >= 11 is 0. The van der Waals surface area contributed by atoms with Crippen molar-refractivity contribution in [3.63, 3.8) is 0 Å². The molecule has 5 nitrogen and oxygen atoms in total. The molecule has 0 aliphatic heterocycles. The summed E-state index contributed by atoms with van der Waals surface area (Å²) in [5.41, 5.74) is 6.99. The quantitative estimate of drug-likeness (QED) is 0.850. The summed E-state index contributed by atoms with van der Waals surface area (Å²) in [5.74, 6) is 0. The molecule has 0 saturated carbocycles. The van der Waals surface area contributed by atoms with E-state index in [9.17, 15) is 5.11 Å². The third kappa shape index (κ3) is 2.94. The Labute approximate surface area is 106 Å². The number of nitrogens with zero attached hydrogens (tertiary/aromatic N) is 3. The zero-order chi connectivity index (χ0) is 13.2. The van der Waals surface area contributed by atoms with Gasteiger partial charge in [0.1, 0.15) is 5.69 Å². The van der Waals surface area contributed by atoms with Crippen LogP contribution in [0.15, 0.2) is 36.5 Å². The van der Waals surface area contributed by atoms with Crippen LogP contribution in [0.3, 0.4) is 0 Å². The summed E-state index contributed by atoms with van der Waals surface area (Å²) in [6.45, 7) is 4.11. The topological polar surface area (TPSA) is 77.0 Å². The zero-order valence-corrected chi connectivity index (χ0v) is 10.6. The molecule has 0 saturated heterocycles. The molecule has 0 bridgehead atoms. The third-order valence-corrected chi connectivity index (χ3v) is 2.74. The summed E-state index contributed by atoms with van der Waals surface area (Å²) in [6, 6.07) is 9.48. The number of hydrogen-bond donors (Lipinski definition) is 2. The maximum Gasteiger partial charge on any atom is 0.102 e. The minimum Gasteiger partial charge on any atom is -0.386 e. The molecule has 0 aliphatic rings. The fourth-order valence-corrected chi connectivity index (χ4v) is 1.64. The average molecular weight is 246 g/mol. The van der Waals surface area contributed by atoms with Crippen molar-refractivity contribution in [3.05, 3.63) is 47.8 Å². The molecule has 5 heteroatoms. The minimum atomic E-state index is -0.596. The lowest BCUT2D eigenvalue weighted by Gasteiger charge is -2.13. The lowest BCUT2D eigenvalue weighted by atomic mass is 10.0. The van der Waals surface area contributed by atoms with Crippen LogP contribution in [-0.2, 0) is 12.1 Å². The van der Waals surface area contributed by atoms with E-state index in [0.29, 0.717) is 12.2 Å². The van der Waals surface area contributed by atoms with Crippen LogP contribution in [0.2, 0.25) is 0 Å². The molecule has 0 spiro atoms. The van der Waals surface area contributed by atoms with E-state index in [2.05, 4.69) is 10.3 Å². The third-order valence-electron chi connectivity index (χ3n) is 2.74. The average Bonchev–Trinajstić information content (AvgIpc) is 2.78. The Morgan fingerprint density at radius 1 is 1.33 bits per heavy atom. The predicted octanol–water partition coefficient (Wildman–Crippen LogP) is 1.21. The predicted molar refractivity (Wildman–Crippen MR) is 68.6 cm³/mol. The van der Waals surface area contributed by atoms with Crippen LogP contribution < -0.4 is 5.73 Å². The van der Waals surface area contributed by atoms with Crippen molar-refractivity contribution in [2.75, 3.05) is 0 Å². The normalized spacial score (nSPS) is 13.6. The van der Waals surface area contributed by atoms with E-state index in [1.165, 1.54) is 0 Å². The first-order valence-electron chi connectivity index (χ1n) is 5.89. The van der Waals surface area contributed by atoms with Gasteiger partial charge in [0.15, 0.2) is 0 Å². The zero-order valence-electron chi connectivity index (χ0n) is 10.6. The van der Waals surface area contributed by atoms with Gasteiger partial charge in [0.2, 0.25) is 0 Å². The van der Waals surface area contributed by atoms with Gasteiger partial charge in [-0.25, -0.2) is 4.68 Å². The molecule has 0 aliphatic carbocycles. The molecule has 18 heavy (non-hydrogen) atoms. The van der Waals surface area contributed by atoms with Crippen LogP contribution in [0.4, 0.5) is 0 Å². The summed E-state index contributed by atoms with van der Waals surface area (Å²) in [5, 5.41) is 18.1. The van der Waals surface area contributed by atoms with Crippen LogP contribution in [0.25, 0.3) is 0 Å². The largest absolute Gasteiger partial charge is 0.386 e. The van der Waals surface area contributed by atoms with E-state index in [1.54, 1.807) is 10.9 Å². The van der Waals surface area contributed by atoms with Crippen molar-refractivity contribution in [3.8, 4) is 0 Å². The highest BCUT2D eigenvalue weighted by Crippen LogP contribution is 2.16. The number of nitrogens with two attached hydrogens (primary N) is 1. The Bertz CT molecular complexity index is 501. The van der Waals surface area contributed by atoms with Gasteiger partial charge in [0.25, 0.3) is 0 Å². The molecule has 1 heterocycles. The van der Waals surface area contributed by atoms with Gasteiger partial charge in [-0.2, -0.15) is 0 Å². The number of aliphatic hydroxyl groups excluding tert-OH is 1. The smallest absolute Gasteiger partial charge is 0.102 e. The number of rotatable bonds is 4. The molecular weight excluding hydrogens is 228 g/mol. The Kier molecular flexibility index (Phi) is 3.45. The van der Waals surface area contributed by atoms with Gasteiger partial charge in [-0.05, 0) is 19.4 Å². The molecule has 1 aromatic carbocycles. The van der Waals surface area contributed by atoms with Gasteiger partial charge in [0, 0.05) is 0 Å². The fraction of sp³-hybridized carbons (Fsp3) is 0.385. The van der Waals surface area contributed by atoms with Gasteiger partial charge in [-0.15, -0.1) is 5.10 Å². The number of hydrogen-bond acceptors (Lipinski definition) is 4. The molecule has 1 aromatic heterocycles. The molecular formula is C13H18N4O. The van der Waals surface area contributed by atoms with Crippen molar-refractivity contribution in [1.29, 1.82) is 0 Å². The van der Waals surface area contributed by atoms with E-state index >= 15 is 0 Å². The Morgan fingerprint density at radius 3 is 2.56 bits per heavy atom. The Hall–Kier alpha value is -1.72. The SMILES string of the molecule is CC(C)(N)c1cn(CC(O)c2ccccc2)nn1. The number of aliphatic hydroxyl groups is 1. The minimum absolute atomic E-state index is 0.368. The highest BCUT2D eigenvalue weighted by molar-refractivity contribution is 5.17. The van der Waals surface area contributed by atoms with Gasteiger partial charge < -0.3 is 10.8 Å². The van der Waals surface area contributed by atoms with Crippen LogP contribution in [-0.4, -0.2) is 20.1 Å². The lowest BCUT2D eigenvalue weighted by Crippen LogP contribution is -2.29. The number of benzene rings is 1. The molecule has 0 radical (unpaired) electrons. The monoisotopic (exact) mass is 246 g/mol. The maximum absolute atomic E-state index is 10.1. The molecule has 0 amide bonds. The maximum atomic E-state index is 10.1. The van der Waals surface area contributed by atoms with E-state index in [1.807, 2.05) is 44.2 Å². The lowest BCUT2D eigenvalue weighted by molar-refractivity contribution is 0.150. The van der Waals surface area contributed by atoms with Gasteiger partial charge in [0.05, 0.1) is 24.4 Å². The first-order chi connectivity index (χ1) is 8.47. The molecule has 2 rings (SSSR count). The van der Waals surface area contributed by atoms with Crippen LogP contribution >= 0.6 is 0 Å². The second-order valence-electron chi connectivity index (χ2n) is 4.97. The first kappa shape index (κ1) is 12.7. The summed E-state index contributed by atoms with van der Waals surface area (Å²) in [4.78, 5) is 0. The molecule has 3 N–H and O–H groups in total. The Balaban J connectivity index is 2.08. The van der Waals surface area contributed by atoms with E-state index in [4.69, 9.17) is 5.73 Å². The standard InChI is InChI=1S/C13H18N4O/c1-13(2,14)12-9-17(16-15-12)8-11(18)10-6-4-3-5-7-10/h3-7,9,11,18H,8,14H2,1-2H3. The molecule has 1 unspecified atom stereocenters. The molecule has 0 fully saturated rings. The van der Waals surface area contributed by atoms with E-state index in [0.717, 1.165) is 5.56 Å². The highest BCUT2D eigenvalue weighted by atomic mass is 16.3. The highest BCUT2D eigenvalue weighted by Gasteiger charge is 2.19. The summed E-state index contributed by atoms with van der Waals surface area (Å²) in [6.07, 6.45) is 1.17. The van der Waals surface area contributed by atoms with E-state index in [-0.39, 0.29) is 0 Å². The van der Waals surface area contributed by atoms with Gasteiger partial charge in [-0.1, -0.05) is 35.5 Å². The van der Waals surface area contributed by atoms with Crippen molar-refractivity contribution < 1.29 is 5.11 Å². The van der Waals surface area contributed by atoms with Crippen molar-refractivity contribution in [2.24, 2.45) is 5.73 Å². The van der Waals surface area contributed by atoms with Crippen LogP contribution in [0.5, 0.6) is 0 Å². The molecule has 2 aromatic rings. The first-order valence-corrected chi connectivity index (χ1v) is 5.89. The second kappa shape index (κ2) is 4.88. The molecule has 96 valence electrons. The Morgan fingerprint density at radius 2 is 2.00 bits per heavy atom. The number of aromatic nitrogens is 3. The fourth-order valence-electron chi connectivity index (χ4n) is 1.64. The molecule has 1 atom stereocenters. The van der Waals surface area contributed by atoms with Crippen molar-refractivity contribution >= 4 is 0 Å². The van der Waals surface area contributed by atoms with E-state index < -0.39 is 11.6 Å².